The average Bonchev–Trinajstić information content (AvgIpc) is 2.57. The van der Waals surface area contributed by atoms with Crippen molar-refractivity contribution in [2.75, 3.05) is 0 Å². The Hall–Kier alpha value is -2.29. The Morgan fingerprint density at radius 2 is 1.68 bits per heavy atom. The predicted octanol–water partition coefficient (Wildman–Crippen LogP) is 5.97. The molecule has 0 bridgehead atoms. The van der Waals surface area contributed by atoms with Crippen LogP contribution in [0.3, 0.4) is 0 Å². The van der Waals surface area contributed by atoms with Crippen LogP contribution in [0.25, 0.3) is 22.0 Å². The largest absolute Gasteiger partial charge is 0.512 e. The van der Waals surface area contributed by atoms with Crippen molar-refractivity contribution >= 4 is 16.6 Å². The van der Waals surface area contributed by atoms with Gasteiger partial charge in [-0.1, -0.05) is 37.6 Å². The number of benzene rings is 2. The molecule has 4 heteroatoms. The van der Waals surface area contributed by atoms with Gasteiger partial charge in [-0.2, -0.15) is 0 Å². The van der Waals surface area contributed by atoms with Crippen molar-refractivity contribution in [2.24, 2.45) is 0 Å². The Bertz CT molecular complexity index is 1020. The number of hydrogen-bond donors (Lipinski definition) is 1. The molecule has 0 saturated carbocycles. The Kier molecular flexibility index (Phi) is 8.74. The summed E-state index contributed by atoms with van der Waals surface area (Å²) in [6, 6.07) is 14.1. The number of fused-ring (bicyclic) bond motifs is 1. The van der Waals surface area contributed by atoms with Crippen LogP contribution in [0, 0.1) is 33.8 Å². The number of aliphatic hydroxyl groups is 1. The summed E-state index contributed by atoms with van der Waals surface area (Å²) in [4.78, 5) is 14.7. The Balaban J connectivity index is 0.000000425. The molecule has 0 amide bonds. The van der Waals surface area contributed by atoms with E-state index in [0.717, 1.165) is 11.3 Å². The number of nitrogens with zero attached hydrogens (tertiary/aromatic N) is 1. The number of aryl methyl sites for hydroxylation is 4. The maximum atomic E-state index is 10.0. The van der Waals surface area contributed by atoms with Gasteiger partial charge in [-0.05, 0) is 49.7 Å². The molecule has 1 N–H and O–H groups in total. The Morgan fingerprint density at radius 3 is 2.21 bits per heavy atom. The third kappa shape index (κ3) is 6.12. The van der Waals surface area contributed by atoms with Gasteiger partial charge in [0.05, 0.1) is 5.76 Å². The SMILES string of the molecule is CC(=O)/C=C(/C)O.Cc1ccc2c(C)cnc(-c3[c-]cc(C)c(C)c3)c2c1.[Ir]. The molecule has 3 nitrogen and oxygen atoms in total. The average molecular weight is 553 g/mol. The molecule has 0 spiro atoms. The second-order valence-corrected chi connectivity index (χ2v) is 6.95. The molecule has 3 rings (SSSR count). The minimum atomic E-state index is -0.125. The number of pyridine rings is 1. The van der Waals surface area contributed by atoms with Crippen molar-refractivity contribution in [3.8, 4) is 11.3 Å². The second kappa shape index (κ2) is 10.3. The summed E-state index contributed by atoms with van der Waals surface area (Å²) in [5.74, 6) is -0.0625. The van der Waals surface area contributed by atoms with Crippen molar-refractivity contribution in [3.63, 3.8) is 0 Å². The van der Waals surface area contributed by atoms with Gasteiger partial charge in [-0.25, -0.2) is 0 Å². The molecular weight excluding hydrogens is 526 g/mol. The zero-order valence-corrected chi connectivity index (χ0v) is 19.6. The maximum absolute atomic E-state index is 10.0. The monoisotopic (exact) mass is 553 g/mol. The molecule has 149 valence electrons. The first kappa shape index (κ1) is 23.7. The standard InChI is InChI=1S/C19H18N.C5H8O2.Ir/c1-12-5-8-17-15(4)11-20-19(18(17)9-12)16-7-6-13(2)14(3)10-16;1-4(6)3-5(2)7;/h5-6,8-11H,1-4H3;3,6H,1-2H3;/q-1;;/b;4-3-;. The van der Waals surface area contributed by atoms with E-state index in [4.69, 9.17) is 5.11 Å². The van der Waals surface area contributed by atoms with Crippen LogP contribution in [0.2, 0.25) is 0 Å². The number of allylic oxidation sites excluding steroid dienone is 2. The smallest absolute Gasteiger partial charge is 0.155 e. The summed E-state index contributed by atoms with van der Waals surface area (Å²) >= 11 is 0. The normalized spacial score (nSPS) is 10.7. The molecule has 0 aliphatic heterocycles. The third-order valence-corrected chi connectivity index (χ3v) is 4.34. The quantitative estimate of drug-likeness (QED) is 0.242. The summed E-state index contributed by atoms with van der Waals surface area (Å²) in [6.07, 6.45) is 3.12. The van der Waals surface area contributed by atoms with E-state index in [1.165, 1.54) is 52.9 Å². The molecule has 1 aromatic heterocycles. The van der Waals surface area contributed by atoms with E-state index >= 15 is 0 Å². The first-order valence-electron chi connectivity index (χ1n) is 8.92. The van der Waals surface area contributed by atoms with E-state index < -0.39 is 0 Å². The van der Waals surface area contributed by atoms with E-state index in [1.54, 1.807) is 0 Å². The van der Waals surface area contributed by atoms with Crippen LogP contribution in [0.1, 0.15) is 36.1 Å². The van der Waals surface area contributed by atoms with Crippen molar-refractivity contribution in [1.29, 1.82) is 0 Å². The van der Waals surface area contributed by atoms with Crippen LogP contribution in [-0.4, -0.2) is 15.9 Å². The van der Waals surface area contributed by atoms with E-state index in [2.05, 4.69) is 63.0 Å². The summed E-state index contributed by atoms with van der Waals surface area (Å²) in [7, 11) is 0. The molecule has 0 aliphatic carbocycles. The van der Waals surface area contributed by atoms with Crippen molar-refractivity contribution in [3.05, 3.63) is 76.7 Å². The molecule has 1 heterocycles. The number of aromatic nitrogens is 1. The summed E-state index contributed by atoms with van der Waals surface area (Å²) in [5, 5.41) is 10.8. The Morgan fingerprint density at radius 1 is 1.00 bits per heavy atom. The summed E-state index contributed by atoms with van der Waals surface area (Å²) in [5.41, 5.74) is 7.12. The minimum absolute atomic E-state index is 0. The molecule has 1 radical (unpaired) electrons. The fraction of sp³-hybridized carbons (Fsp3) is 0.250. The van der Waals surface area contributed by atoms with E-state index in [9.17, 15) is 4.79 Å². The molecule has 0 fully saturated rings. The van der Waals surface area contributed by atoms with Crippen LogP contribution in [0.4, 0.5) is 0 Å². The molecule has 2 aromatic carbocycles. The molecule has 0 atom stereocenters. The van der Waals surface area contributed by atoms with Gasteiger partial charge < -0.3 is 10.1 Å². The number of carbonyl (C=O) groups excluding carboxylic acids is 1. The van der Waals surface area contributed by atoms with Crippen LogP contribution >= 0.6 is 0 Å². The number of hydrogen-bond acceptors (Lipinski definition) is 3. The van der Waals surface area contributed by atoms with E-state index in [0.29, 0.717) is 0 Å². The second-order valence-electron chi connectivity index (χ2n) is 6.95. The fourth-order valence-corrected chi connectivity index (χ4v) is 2.82. The third-order valence-electron chi connectivity index (χ3n) is 4.34. The van der Waals surface area contributed by atoms with E-state index in [1.807, 2.05) is 12.3 Å². The van der Waals surface area contributed by atoms with Crippen molar-refractivity contribution in [1.82, 2.24) is 4.98 Å². The van der Waals surface area contributed by atoms with Crippen LogP contribution in [0.5, 0.6) is 0 Å². The van der Waals surface area contributed by atoms with Gasteiger partial charge in [-0.3, -0.25) is 4.79 Å². The minimum Gasteiger partial charge on any atom is -0.512 e. The van der Waals surface area contributed by atoms with Crippen LogP contribution in [0.15, 0.2) is 48.4 Å². The zero-order valence-electron chi connectivity index (χ0n) is 17.2. The van der Waals surface area contributed by atoms with Gasteiger partial charge in [-0.15, -0.1) is 34.9 Å². The van der Waals surface area contributed by atoms with Crippen LogP contribution in [-0.2, 0) is 24.9 Å². The molecule has 3 aromatic rings. The zero-order chi connectivity index (χ0) is 20.1. The number of carbonyl (C=O) groups is 1. The summed E-state index contributed by atoms with van der Waals surface area (Å²) in [6.45, 7) is 11.3. The maximum Gasteiger partial charge on any atom is 0.155 e. The van der Waals surface area contributed by atoms with Gasteiger partial charge >= 0.3 is 0 Å². The van der Waals surface area contributed by atoms with Gasteiger partial charge in [0.25, 0.3) is 0 Å². The van der Waals surface area contributed by atoms with Gasteiger partial charge in [0.1, 0.15) is 0 Å². The predicted molar refractivity (Wildman–Crippen MR) is 112 cm³/mol. The molecule has 0 unspecified atom stereocenters. The first-order valence-corrected chi connectivity index (χ1v) is 8.92. The molecule has 28 heavy (non-hydrogen) atoms. The fourth-order valence-electron chi connectivity index (χ4n) is 2.82. The van der Waals surface area contributed by atoms with Gasteiger partial charge in [0.15, 0.2) is 5.78 Å². The van der Waals surface area contributed by atoms with Crippen molar-refractivity contribution in [2.45, 2.75) is 41.5 Å². The molecule has 0 aliphatic rings. The van der Waals surface area contributed by atoms with Crippen molar-refractivity contribution < 1.29 is 30.0 Å². The van der Waals surface area contributed by atoms with Gasteiger partial charge in [0, 0.05) is 32.4 Å². The van der Waals surface area contributed by atoms with Crippen LogP contribution < -0.4 is 0 Å². The molecular formula is C24H26IrNO2-. The number of rotatable bonds is 2. The molecule has 0 saturated heterocycles. The van der Waals surface area contributed by atoms with Gasteiger partial charge in [0.2, 0.25) is 0 Å². The first-order chi connectivity index (χ1) is 12.7. The number of aliphatic hydroxyl groups excluding tert-OH is 1. The topological polar surface area (TPSA) is 50.2 Å². The number of ketones is 1. The Labute approximate surface area is 180 Å². The summed E-state index contributed by atoms with van der Waals surface area (Å²) < 4.78 is 0. The van der Waals surface area contributed by atoms with E-state index in [-0.39, 0.29) is 31.6 Å².